The largest absolute Gasteiger partial charge is 0.216 e. The molecule has 0 aliphatic carbocycles. The minimum absolute atomic E-state index is 0.0486. The second-order valence-electron chi connectivity index (χ2n) is 2.49. The third kappa shape index (κ3) is 5.68. The maximum absolute atomic E-state index is 5.63. The van der Waals surface area contributed by atoms with Crippen molar-refractivity contribution in [3.63, 3.8) is 0 Å². The fourth-order valence-corrected chi connectivity index (χ4v) is 3.15. The lowest BCUT2D eigenvalue weighted by Crippen LogP contribution is -2.26. The van der Waals surface area contributed by atoms with Crippen molar-refractivity contribution in [2.24, 2.45) is 0 Å². The summed E-state index contributed by atoms with van der Waals surface area (Å²) in [6.07, 6.45) is 0. The lowest BCUT2D eigenvalue weighted by Gasteiger charge is -2.28. The highest BCUT2D eigenvalue weighted by molar-refractivity contribution is 6.76. The molecular weight excluding hydrogens is 391 g/mol. The molecule has 0 fully saturated rings. The molecule has 0 unspecified atom stereocenters. The molecule has 0 aromatic heterocycles. The molecule has 0 saturated heterocycles. The predicted octanol–water partition coefficient (Wildman–Crippen LogP) is 6.41. The standard InChI is InChI=1S/C6H3Cl9/c1-2(4(7,8)9)3(5(10,11)12)6(13,14)15/h1H3. The first-order valence-corrected chi connectivity index (χ1v) is 6.60. The highest BCUT2D eigenvalue weighted by Crippen LogP contribution is 2.52. The zero-order valence-electron chi connectivity index (χ0n) is 6.90. The van der Waals surface area contributed by atoms with Crippen molar-refractivity contribution >= 4 is 104 Å². The van der Waals surface area contributed by atoms with Crippen LogP contribution in [0.2, 0.25) is 0 Å². The molecule has 0 aliphatic rings. The molecule has 0 bridgehead atoms. The van der Waals surface area contributed by atoms with Crippen LogP contribution in [0.1, 0.15) is 6.92 Å². The van der Waals surface area contributed by atoms with E-state index in [0.29, 0.717) is 0 Å². The molecule has 0 aliphatic heterocycles. The highest BCUT2D eigenvalue weighted by Gasteiger charge is 2.45. The number of hydrogen-bond donors (Lipinski definition) is 0. The van der Waals surface area contributed by atoms with E-state index >= 15 is 0 Å². The third-order valence-electron chi connectivity index (χ3n) is 1.37. The van der Waals surface area contributed by atoms with Crippen molar-refractivity contribution < 1.29 is 0 Å². The first-order chi connectivity index (χ1) is 6.28. The molecule has 9 heteroatoms. The van der Waals surface area contributed by atoms with E-state index in [4.69, 9.17) is 104 Å². The third-order valence-corrected chi connectivity index (χ3v) is 3.35. The van der Waals surface area contributed by atoms with Gasteiger partial charge in [-0.1, -0.05) is 104 Å². The zero-order valence-corrected chi connectivity index (χ0v) is 13.7. The maximum atomic E-state index is 5.63. The van der Waals surface area contributed by atoms with Crippen LogP contribution in [0.4, 0.5) is 0 Å². The molecule has 0 radical (unpaired) electrons. The van der Waals surface area contributed by atoms with Crippen LogP contribution in [0, 0.1) is 0 Å². The minimum atomic E-state index is -1.97. The van der Waals surface area contributed by atoms with Gasteiger partial charge in [-0.25, -0.2) is 0 Å². The first-order valence-electron chi connectivity index (χ1n) is 3.20. The maximum Gasteiger partial charge on any atom is 0.216 e. The molecule has 0 heterocycles. The van der Waals surface area contributed by atoms with E-state index < -0.39 is 11.4 Å². The number of alkyl halides is 9. The molecule has 0 aromatic carbocycles. The normalized spacial score (nSPS) is 14.0. The Kier molecular flexibility index (Phi) is 6.42. The van der Waals surface area contributed by atoms with Crippen molar-refractivity contribution in [1.29, 1.82) is 0 Å². The topological polar surface area (TPSA) is 0 Å². The number of allylic oxidation sites excluding steroid dienone is 2. The molecule has 0 atom stereocenters. The van der Waals surface area contributed by atoms with Crippen LogP contribution in [-0.4, -0.2) is 11.4 Å². The summed E-state index contributed by atoms with van der Waals surface area (Å²) < 4.78 is -5.76. The molecule has 0 rings (SSSR count). The number of halogens is 9. The van der Waals surface area contributed by atoms with Gasteiger partial charge >= 0.3 is 0 Å². The van der Waals surface area contributed by atoms with Crippen LogP contribution in [0.5, 0.6) is 0 Å². The Balaban J connectivity index is 5.71. The van der Waals surface area contributed by atoms with Crippen LogP contribution in [0.15, 0.2) is 11.1 Å². The quantitative estimate of drug-likeness (QED) is 0.329. The van der Waals surface area contributed by atoms with Crippen molar-refractivity contribution in [3.8, 4) is 0 Å². The summed E-state index contributed by atoms with van der Waals surface area (Å²) in [6.45, 7) is 1.39. The van der Waals surface area contributed by atoms with Crippen LogP contribution in [-0.2, 0) is 0 Å². The summed E-state index contributed by atoms with van der Waals surface area (Å²) in [5.74, 6) is 0. The number of hydrogen-bond acceptors (Lipinski definition) is 0. The SMILES string of the molecule is CC(=C(C(Cl)(Cl)Cl)C(Cl)(Cl)Cl)C(Cl)(Cl)Cl. The van der Waals surface area contributed by atoms with E-state index in [1.54, 1.807) is 0 Å². The molecule has 15 heavy (non-hydrogen) atoms. The Labute approximate surface area is 133 Å². The minimum Gasteiger partial charge on any atom is -0.0788 e. The van der Waals surface area contributed by atoms with Gasteiger partial charge in [0.1, 0.15) is 0 Å². The van der Waals surface area contributed by atoms with Gasteiger partial charge in [0.15, 0.2) is 0 Å². The van der Waals surface area contributed by atoms with E-state index in [1.807, 2.05) is 0 Å². The van der Waals surface area contributed by atoms with Crippen LogP contribution < -0.4 is 0 Å². The van der Waals surface area contributed by atoms with E-state index in [9.17, 15) is 0 Å². The second-order valence-corrected chi connectivity index (χ2v) is 9.34. The van der Waals surface area contributed by atoms with E-state index in [2.05, 4.69) is 0 Å². The van der Waals surface area contributed by atoms with Crippen molar-refractivity contribution in [1.82, 2.24) is 0 Å². The Morgan fingerprint density at radius 1 is 0.600 bits per heavy atom. The van der Waals surface area contributed by atoms with Gasteiger partial charge in [-0.15, -0.1) is 0 Å². The van der Waals surface area contributed by atoms with Crippen molar-refractivity contribution in [3.05, 3.63) is 11.1 Å². The molecule has 90 valence electrons. The molecule has 0 N–H and O–H groups in total. The van der Waals surface area contributed by atoms with Crippen molar-refractivity contribution in [2.75, 3.05) is 0 Å². The molecule has 0 spiro atoms. The van der Waals surface area contributed by atoms with Gasteiger partial charge in [-0.2, -0.15) is 0 Å². The highest BCUT2D eigenvalue weighted by atomic mass is 35.6. The monoisotopic (exact) mass is 390 g/mol. The van der Waals surface area contributed by atoms with E-state index in [-0.39, 0.29) is 11.1 Å². The Bertz CT molecular complexity index is 244. The van der Waals surface area contributed by atoms with Crippen LogP contribution >= 0.6 is 104 Å². The van der Waals surface area contributed by atoms with Crippen molar-refractivity contribution in [2.45, 2.75) is 18.3 Å². The summed E-state index contributed by atoms with van der Waals surface area (Å²) >= 11 is 50.6. The zero-order chi connectivity index (χ0) is 12.7. The van der Waals surface area contributed by atoms with Gasteiger partial charge in [-0.3, -0.25) is 0 Å². The van der Waals surface area contributed by atoms with Gasteiger partial charge in [-0.05, 0) is 12.5 Å². The summed E-state index contributed by atoms with van der Waals surface area (Å²) in [4.78, 5) is 0. The Morgan fingerprint density at radius 3 is 0.933 bits per heavy atom. The molecule has 0 aromatic rings. The molecule has 0 saturated carbocycles. The lowest BCUT2D eigenvalue weighted by molar-refractivity contribution is 1.04. The summed E-state index contributed by atoms with van der Waals surface area (Å²) in [5.41, 5.74) is -0.155. The Morgan fingerprint density at radius 2 is 0.867 bits per heavy atom. The van der Waals surface area contributed by atoms with Crippen LogP contribution in [0.25, 0.3) is 0 Å². The summed E-state index contributed by atoms with van der Waals surface area (Å²) in [7, 11) is 0. The lowest BCUT2D eigenvalue weighted by atomic mass is 10.2. The van der Waals surface area contributed by atoms with E-state index in [1.165, 1.54) is 6.92 Å². The average molecular weight is 394 g/mol. The first kappa shape index (κ1) is 17.4. The fraction of sp³-hybridized carbons (Fsp3) is 0.667. The smallest absolute Gasteiger partial charge is 0.0788 e. The van der Waals surface area contributed by atoms with Gasteiger partial charge in [0, 0.05) is 5.57 Å². The van der Waals surface area contributed by atoms with Gasteiger partial charge in [0.2, 0.25) is 11.4 Å². The predicted molar refractivity (Wildman–Crippen MR) is 73.6 cm³/mol. The summed E-state index contributed by atoms with van der Waals surface area (Å²) in [6, 6.07) is 0. The molecular formula is C6H3Cl9. The van der Waals surface area contributed by atoms with Gasteiger partial charge in [0.25, 0.3) is 0 Å². The molecule has 0 nitrogen and oxygen atoms in total. The number of rotatable bonds is 0. The average Bonchev–Trinajstić information content (AvgIpc) is 1.76. The van der Waals surface area contributed by atoms with Gasteiger partial charge < -0.3 is 0 Å². The fourth-order valence-electron chi connectivity index (χ4n) is 0.728. The summed E-state index contributed by atoms with van der Waals surface area (Å²) in [5, 5.41) is 0. The van der Waals surface area contributed by atoms with Gasteiger partial charge in [0.05, 0.1) is 0 Å². The van der Waals surface area contributed by atoms with Crippen LogP contribution in [0.3, 0.4) is 0 Å². The van der Waals surface area contributed by atoms with E-state index in [0.717, 1.165) is 0 Å². The Hall–Kier alpha value is 2.35. The molecule has 0 amide bonds. The second kappa shape index (κ2) is 5.55.